The van der Waals surface area contributed by atoms with E-state index in [2.05, 4.69) is 15.0 Å². The summed E-state index contributed by atoms with van der Waals surface area (Å²) in [5.74, 6) is -3.13. The van der Waals surface area contributed by atoms with Gasteiger partial charge in [0.2, 0.25) is 17.8 Å². The van der Waals surface area contributed by atoms with Gasteiger partial charge in [0, 0.05) is 0 Å². The summed E-state index contributed by atoms with van der Waals surface area (Å²) < 4.78 is 0. The van der Waals surface area contributed by atoms with Crippen LogP contribution in [0.1, 0.15) is 0 Å². The van der Waals surface area contributed by atoms with E-state index >= 15 is 0 Å². The highest BCUT2D eigenvalue weighted by Gasteiger charge is 2.34. The van der Waals surface area contributed by atoms with Crippen LogP contribution in [-0.4, -0.2) is 121 Å². The van der Waals surface area contributed by atoms with E-state index in [0.717, 1.165) is 0 Å². The summed E-state index contributed by atoms with van der Waals surface area (Å²) >= 11 is 0. The molecule has 0 saturated carbocycles. The van der Waals surface area contributed by atoms with Crippen LogP contribution in [0.25, 0.3) is 0 Å². The van der Waals surface area contributed by atoms with Gasteiger partial charge in [-0.3, -0.25) is 43.5 Å². The summed E-state index contributed by atoms with van der Waals surface area (Å²) in [6.45, 7) is 0. The number of carbonyl (C=O) groups is 6. The fourth-order valence-corrected chi connectivity index (χ4v) is 2.26. The topological polar surface area (TPSA) is 272 Å². The molecule has 33 heavy (non-hydrogen) atoms. The van der Waals surface area contributed by atoms with Gasteiger partial charge in [0.25, 0.3) is 0 Å². The van der Waals surface area contributed by atoms with E-state index in [1.807, 2.05) is 0 Å². The monoisotopic (exact) mass is 474 g/mol. The van der Waals surface area contributed by atoms with Crippen molar-refractivity contribution in [3.63, 3.8) is 0 Å². The second-order valence-corrected chi connectivity index (χ2v) is 5.76. The zero-order valence-corrected chi connectivity index (χ0v) is 16.2. The van der Waals surface area contributed by atoms with Gasteiger partial charge >= 0.3 is 0 Å². The normalized spacial score (nSPS) is 16.2. The molecule has 1 rings (SSSR count). The first-order chi connectivity index (χ1) is 15.6. The van der Waals surface area contributed by atoms with Crippen LogP contribution in [-0.2, 0) is 28.8 Å². The summed E-state index contributed by atoms with van der Waals surface area (Å²) in [7, 11) is 0. The van der Waals surface area contributed by atoms with Gasteiger partial charge in [0.1, 0.15) is 0 Å². The minimum absolute atomic E-state index is 0.117. The van der Waals surface area contributed by atoms with Gasteiger partial charge in [-0.2, -0.15) is 15.0 Å². The van der Waals surface area contributed by atoms with Crippen LogP contribution in [0, 0.1) is 0 Å². The summed E-state index contributed by atoms with van der Waals surface area (Å²) in [6.07, 6.45) is -15.2. The van der Waals surface area contributed by atoms with Gasteiger partial charge in [-0.25, -0.2) is 0 Å². The van der Waals surface area contributed by atoms with Crippen molar-refractivity contribution in [1.82, 2.24) is 15.0 Å². The van der Waals surface area contributed by atoms with Gasteiger partial charge in [-0.15, -0.1) is 0 Å². The lowest BCUT2D eigenvalue weighted by Crippen LogP contribution is -2.50. The van der Waals surface area contributed by atoms with Crippen LogP contribution in [0.2, 0.25) is 0 Å². The molecule has 0 aliphatic heterocycles. The number of anilines is 3. The first-order valence-electron chi connectivity index (χ1n) is 8.53. The second kappa shape index (κ2) is 12.3. The van der Waals surface area contributed by atoms with Crippen LogP contribution in [0.3, 0.4) is 0 Å². The van der Waals surface area contributed by atoms with Gasteiger partial charge in [0.15, 0.2) is 75.1 Å². The Morgan fingerprint density at radius 1 is 0.424 bits per heavy atom. The molecule has 1 heterocycles. The van der Waals surface area contributed by atoms with Crippen molar-refractivity contribution in [1.29, 1.82) is 0 Å². The highest BCUT2D eigenvalue weighted by Crippen LogP contribution is 2.24. The van der Waals surface area contributed by atoms with Crippen molar-refractivity contribution in [3.8, 4) is 0 Å². The lowest BCUT2D eigenvalue weighted by molar-refractivity contribution is -0.120. The first kappa shape index (κ1) is 27.2. The molecule has 0 bridgehead atoms. The maximum absolute atomic E-state index is 11.0. The molecule has 0 aliphatic carbocycles. The van der Waals surface area contributed by atoms with Crippen LogP contribution in [0.4, 0.5) is 17.8 Å². The Morgan fingerprint density at radius 2 is 0.576 bits per heavy atom. The predicted molar refractivity (Wildman–Crippen MR) is 99.7 cm³/mol. The summed E-state index contributed by atoms with van der Waals surface area (Å²) in [5, 5.41) is 59.1. The van der Waals surface area contributed by atoms with E-state index in [1.165, 1.54) is 0 Å². The first-order valence-corrected chi connectivity index (χ1v) is 8.53. The molecular formula is C15H18N6O12. The minimum Gasteiger partial charge on any atom is -0.367 e. The molecule has 0 spiro atoms. The molecule has 0 amide bonds. The Kier molecular flexibility index (Phi) is 10.1. The van der Waals surface area contributed by atoms with Crippen molar-refractivity contribution in [2.24, 2.45) is 0 Å². The average molecular weight is 474 g/mol. The molecule has 6 unspecified atom stereocenters. The number of aliphatic hydroxyl groups excluding tert-OH is 6. The molecule has 180 valence electrons. The van der Waals surface area contributed by atoms with E-state index in [1.54, 1.807) is 0 Å². The fraction of sp³-hybridized carbons (Fsp3) is 0.400. The molecule has 18 heteroatoms. The number of nitrogens with zero attached hydrogens (tertiary/aromatic N) is 6. The quantitative estimate of drug-likeness (QED) is 0.102. The largest absolute Gasteiger partial charge is 0.367 e. The minimum atomic E-state index is -2.32. The zero-order chi connectivity index (χ0) is 25.3. The van der Waals surface area contributed by atoms with E-state index in [9.17, 15) is 59.4 Å². The summed E-state index contributed by atoms with van der Waals surface area (Å²) in [4.78, 5) is 77.2. The van der Waals surface area contributed by atoms with Crippen LogP contribution in [0.15, 0.2) is 0 Å². The molecule has 1 aromatic rings. The van der Waals surface area contributed by atoms with Gasteiger partial charge < -0.3 is 30.6 Å². The lowest BCUT2D eigenvalue weighted by Gasteiger charge is -2.32. The van der Waals surface area contributed by atoms with Crippen molar-refractivity contribution < 1.29 is 59.4 Å². The molecule has 0 fully saturated rings. The molecule has 6 atom stereocenters. The van der Waals surface area contributed by atoms with Crippen molar-refractivity contribution in [2.75, 3.05) is 14.7 Å². The smallest absolute Gasteiger partial charge is 0.236 e. The Bertz CT molecular complexity index is 710. The highest BCUT2D eigenvalue weighted by atomic mass is 16.4. The highest BCUT2D eigenvalue weighted by molar-refractivity contribution is 5.73. The van der Waals surface area contributed by atoms with Gasteiger partial charge in [-0.05, 0) is 0 Å². The third kappa shape index (κ3) is 6.12. The summed E-state index contributed by atoms with van der Waals surface area (Å²) in [5.41, 5.74) is 0. The number of rotatable bonds is 15. The maximum Gasteiger partial charge on any atom is 0.236 e. The third-order valence-corrected chi connectivity index (χ3v) is 3.73. The fourth-order valence-electron chi connectivity index (χ4n) is 2.26. The second-order valence-electron chi connectivity index (χ2n) is 5.76. The number of aldehydes is 6. The third-order valence-electron chi connectivity index (χ3n) is 3.73. The number of hydrogen-bond acceptors (Lipinski definition) is 18. The van der Waals surface area contributed by atoms with E-state index in [-0.39, 0.29) is 52.4 Å². The lowest BCUT2D eigenvalue weighted by atomic mass is 10.4. The molecule has 1 aromatic heterocycles. The molecule has 0 aliphatic rings. The zero-order valence-electron chi connectivity index (χ0n) is 16.2. The number of aromatic nitrogens is 3. The molecular weight excluding hydrogens is 456 g/mol. The van der Waals surface area contributed by atoms with Crippen molar-refractivity contribution in [3.05, 3.63) is 0 Å². The number of hydrogen-bond donors (Lipinski definition) is 6. The van der Waals surface area contributed by atoms with Crippen LogP contribution in [0.5, 0.6) is 0 Å². The standard InChI is InChI=1S/C15H18N6O12/c22-1-7(28)19(8(29)2-23)13-16-14(20(9(30)3-24)10(31)4-25)18-15(17-13)21(11(32)5-26)12(33)6-27/h1-12,28-33H. The van der Waals surface area contributed by atoms with Crippen molar-refractivity contribution >= 4 is 55.6 Å². The SMILES string of the molecule is O=CC(O)N(c1nc(N(C(O)C=O)C(O)C=O)nc(N(C(O)C=O)C(O)C=O)n1)C(O)C=O. The Morgan fingerprint density at radius 3 is 0.697 bits per heavy atom. The summed E-state index contributed by atoms with van der Waals surface area (Å²) in [6, 6.07) is 0. The number of carbonyl (C=O) groups excluding carboxylic acids is 6. The maximum atomic E-state index is 11.0. The van der Waals surface area contributed by atoms with E-state index < -0.39 is 55.2 Å². The Labute approximate surface area is 182 Å². The Balaban J connectivity index is 3.99. The van der Waals surface area contributed by atoms with Crippen LogP contribution < -0.4 is 14.7 Å². The van der Waals surface area contributed by atoms with Gasteiger partial charge in [-0.1, -0.05) is 0 Å². The molecule has 0 radical (unpaired) electrons. The Hall–Kier alpha value is -3.81. The van der Waals surface area contributed by atoms with E-state index in [0.29, 0.717) is 0 Å². The van der Waals surface area contributed by atoms with Crippen molar-refractivity contribution in [2.45, 2.75) is 37.4 Å². The average Bonchev–Trinajstić information content (AvgIpc) is 2.83. The molecule has 18 nitrogen and oxygen atoms in total. The molecule has 0 aromatic carbocycles. The predicted octanol–water partition coefficient (Wildman–Crippen LogP) is -6.61. The number of aliphatic hydroxyl groups is 6. The van der Waals surface area contributed by atoms with Crippen LogP contribution >= 0.6 is 0 Å². The van der Waals surface area contributed by atoms with E-state index in [4.69, 9.17) is 0 Å². The molecule has 0 saturated heterocycles. The van der Waals surface area contributed by atoms with Gasteiger partial charge in [0.05, 0.1) is 0 Å². The molecule has 6 N–H and O–H groups in total.